The molecule has 7 nitrogen and oxygen atoms in total. The smallest absolute Gasteiger partial charge is 0.378 e. The maximum absolute atomic E-state index is 13.0. The molecule has 0 radical (unpaired) electrons. The molecule has 1 N–H and O–H groups in total. The van der Waals surface area contributed by atoms with Crippen molar-refractivity contribution in [2.24, 2.45) is 0 Å². The van der Waals surface area contributed by atoms with E-state index in [1.54, 1.807) is 12.3 Å². The largest absolute Gasteiger partial charge is 0.433 e. The second-order valence-corrected chi connectivity index (χ2v) is 7.15. The molecule has 4 rings (SSSR count). The first kappa shape index (κ1) is 19.7. The molecule has 1 unspecified atom stereocenters. The first-order valence-electron chi connectivity index (χ1n) is 9.70. The van der Waals surface area contributed by atoms with Crippen LogP contribution in [-0.2, 0) is 10.9 Å². The molecule has 0 bridgehead atoms. The summed E-state index contributed by atoms with van der Waals surface area (Å²) in [6.07, 6.45) is -0.960. The second-order valence-electron chi connectivity index (χ2n) is 7.15. The lowest BCUT2D eigenvalue weighted by molar-refractivity contribution is -0.141. The molecule has 2 saturated heterocycles. The number of piperidine rings is 1. The zero-order valence-corrected chi connectivity index (χ0v) is 15.9. The van der Waals surface area contributed by atoms with Gasteiger partial charge >= 0.3 is 6.18 Å². The van der Waals surface area contributed by atoms with Gasteiger partial charge in [0.05, 0.1) is 13.2 Å². The summed E-state index contributed by atoms with van der Waals surface area (Å²) in [7, 11) is 0. The van der Waals surface area contributed by atoms with Crippen LogP contribution in [0.1, 0.15) is 18.5 Å². The number of morpholine rings is 1. The molecule has 10 heteroatoms. The van der Waals surface area contributed by atoms with E-state index in [2.05, 4.69) is 25.2 Å². The molecule has 0 amide bonds. The normalized spacial score (nSPS) is 20.6. The van der Waals surface area contributed by atoms with Crippen LogP contribution in [0.5, 0.6) is 0 Å². The highest BCUT2D eigenvalue weighted by Crippen LogP contribution is 2.29. The quantitative estimate of drug-likeness (QED) is 0.835. The Morgan fingerprint density at radius 2 is 1.86 bits per heavy atom. The number of anilines is 3. The van der Waals surface area contributed by atoms with E-state index in [1.165, 1.54) is 6.07 Å². The lowest BCUT2D eigenvalue weighted by atomic mass is 10.1. The SMILES string of the molecule is FC(F)(F)c1cccc(N2CCCC(Nc3ccnc(N4CCOCC4)n3)C2)n1. The van der Waals surface area contributed by atoms with Crippen molar-refractivity contribution in [1.29, 1.82) is 0 Å². The predicted molar refractivity (Wildman–Crippen MR) is 103 cm³/mol. The monoisotopic (exact) mass is 408 g/mol. The fourth-order valence-corrected chi connectivity index (χ4v) is 3.61. The summed E-state index contributed by atoms with van der Waals surface area (Å²) in [6.45, 7) is 4.05. The van der Waals surface area contributed by atoms with Crippen LogP contribution in [0.3, 0.4) is 0 Å². The van der Waals surface area contributed by atoms with E-state index in [-0.39, 0.29) is 6.04 Å². The minimum Gasteiger partial charge on any atom is -0.378 e. The number of halogens is 3. The molecule has 29 heavy (non-hydrogen) atoms. The lowest BCUT2D eigenvalue weighted by Crippen LogP contribution is -2.43. The van der Waals surface area contributed by atoms with E-state index in [1.807, 2.05) is 11.0 Å². The van der Waals surface area contributed by atoms with Crippen molar-refractivity contribution in [3.8, 4) is 0 Å². The van der Waals surface area contributed by atoms with Gasteiger partial charge < -0.3 is 19.9 Å². The number of alkyl halides is 3. The summed E-state index contributed by atoms with van der Waals surface area (Å²) < 4.78 is 44.3. The van der Waals surface area contributed by atoms with Crippen LogP contribution in [0.25, 0.3) is 0 Å². The van der Waals surface area contributed by atoms with Gasteiger partial charge in [-0.1, -0.05) is 6.07 Å². The Bertz CT molecular complexity index is 828. The fourth-order valence-electron chi connectivity index (χ4n) is 3.61. The lowest BCUT2D eigenvalue weighted by Gasteiger charge is -2.34. The van der Waals surface area contributed by atoms with Crippen LogP contribution in [-0.4, -0.2) is 60.4 Å². The van der Waals surface area contributed by atoms with Crippen molar-refractivity contribution in [1.82, 2.24) is 15.0 Å². The van der Waals surface area contributed by atoms with E-state index in [9.17, 15) is 13.2 Å². The van der Waals surface area contributed by atoms with Crippen LogP contribution in [0, 0.1) is 0 Å². The third kappa shape index (κ3) is 4.87. The van der Waals surface area contributed by atoms with Crippen LogP contribution in [0.4, 0.5) is 30.8 Å². The van der Waals surface area contributed by atoms with Gasteiger partial charge in [0.1, 0.15) is 17.3 Å². The number of ether oxygens (including phenoxy) is 1. The average Bonchev–Trinajstić information content (AvgIpc) is 2.74. The average molecular weight is 408 g/mol. The Kier molecular flexibility index (Phi) is 5.70. The molecule has 1 atom stereocenters. The number of hydrogen-bond acceptors (Lipinski definition) is 7. The van der Waals surface area contributed by atoms with Crippen molar-refractivity contribution in [2.75, 3.05) is 54.5 Å². The van der Waals surface area contributed by atoms with Gasteiger partial charge in [-0.3, -0.25) is 0 Å². The highest BCUT2D eigenvalue weighted by atomic mass is 19.4. The molecule has 2 aliphatic heterocycles. The van der Waals surface area contributed by atoms with Crippen molar-refractivity contribution in [3.05, 3.63) is 36.2 Å². The molecule has 2 fully saturated rings. The third-order valence-corrected chi connectivity index (χ3v) is 5.06. The molecular weight excluding hydrogens is 385 g/mol. The van der Waals surface area contributed by atoms with Crippen molar-refractivity contribution >= 4 is 17.6 Å². The van der Waals surface area contributed by atoms with Gasteiger partial charge in [-0.15, -0.1) is 0 Å². The van der Waals surface area contributed by atoms with Gasteiger partial charge in [-0.2, -0.15) is 18.2 Å². The number of aromatic nitrogens is 3. The van der Waals surface area contributed by atoms with E-state index < -0.39 is 11.9 Å². The second kappa shape index (κ2) is 8.40. The van der Waals surface area contributed by atoms with E-state index in [4.69, 9.17) is 4.74 Å². The van der Waals surface area contributed by atoms with Crippen LogP contribution in [0.2, 0.25) is 0 Å². The van der Waals surface area contributed by atoms with Gasteiger partial charge in [0.15, 0.2) is 0 Å². The highest BCUT2D eigenvalue weighted by Gasteiger charge is 2.33. The summed E-state index contributed by atoms with van der Waals surface area (Å²) in [5.74, 6) is 1.72. The molecule has 0 aliphatic carbocycles. The zero-order valence-electron chi connectivity index (χ0n) is 15.9. The standard InChI is InChI=1S/C19H23F3N6O/c20-19(21,22)15-4-1-5-17(25-15)28-8-2-3-14(13-28)24-16-6-7-23-18(26-16)27-9-11-29-12-10-27/h1,4-7,14H,2-3,8-13H2,(H,23,24,26). The van der Waals surface area contributed by atoms with Gasteiger partial charge in [0.25, 0.3) is 0 Å². The van der Waals surface area contributed by atoms with E-state index in [0.717, 1.165) is 32.0 Å². The van der Waals surface area contributed by atoms with Gasteiger partial charge in [0.2, 0.25) is 5.95 Å². The third-order valence-electron chi connectivity index (χ3n) is 5.06. The minimum absolute atomic E-state index is 0.0625. The first-order valence-corrected chi connectivity index (χ1v) is 9.70. The van der Waals surface area contributed by atoms with Gasteiger partial charge in [-0.05, 0) is 31.0 Å². The Morgan fingerprint density at radius 3 is 2.66 bits per heavy atom. The Morgan fingerprint density at radius 1 is 1.03 bits per heavy atom. The summed E-state index contributed by atoms with van der Waals surface area (Å²) in [6, 6.07) is 5.90. The maximum atomic E-state index is 13.0. The van der Waals surface area contributed by atoms with Crippen LogP contribution < -0.4 is 15.1 Å². The van der Waals surface area contributed by atoms with E-state index >= 15 is 0 Å². The molecular formula is C19H23F3N6O. The first-order chi connectivity index (χ1) is 14.0. The maximum Gasteiger partial charge on any atom is 0.433 e. The van der Waals surface area contributed by atoms with Crippen LogP contribution in [0.15, 0.2) is 30.5 Å². The number of nitrogens with one attached hydrogen (secondary N) is 1. The molecule has 2 aromatic heterocycles. The van der Waals surface area contributed by atoms with Crippen molar-refractivity contribution < 1.29 is 17.9 Å². The molecule has 2 aliphatic rings. The Balaban J connectivity index is 1.43. The van der Waals surface area contributed by atoms with Gasteiger partial charge in [0, 0.05) is 38.4 Å². The summed E-state index contributed by atoms with van der Waals surface area (Å²) in [5.41, 5.74) is -0.865. The predicted octanol–water partition coefficient (Wildman–Crippen LogP) is 2.81. The summed E-state index contributed by atoms with van der Waals surface area (Å²) in [5, 5.41) is 3.40. The van der Waals surface area contributed by atoms with Crippen molar-refractivity contribution in [3.63, 3.8) is 0 Å². The summed E-state index contributed by atoms with van der Waals surface area (Å²) in [4.78, 5) is 16.7. The zero-order chi connectivity index (χ0) is 20.3. The Labute approximate surface area is 166 Å². The number of pyridine rings is 1. The molecule has 0 aromatic carbocycles. The number of nitrogens with zero attached hydrogens (tertiary/aromatic N) is 5. The molecule has 4 heterocycles. The number of hydrogen-bond donors (Lipinski definition) is 1. The molecule has 156 valence electrons. The molecule has 2 aromatic rings. The fraction of sp³-hybridized carbons (Fsp3) is 0.526. The van der Waals surface area contributed by atoms with Gasteiger partial charge in [-0.25, -0.2) is 9.97 Å². The molecule has 0 spiro atoms. The van der Waals surface area contributed by atoms with E-state index in [0.29, 0.717) is 43.9 Å². The minimum atomic E-state index is -4.44. The summed E-state index contributed by atoms with van der Waals surface area (Å²) >= 11 is 0. The number of rotatable bonds is 4. The molecule has 0 saturated carbocycles. The van der Waals surface area contributed by atoms with Crippen LogP contribution >= 0.6 is 0 Å². The highest BCUT2D eigenvalue weighted by molar-refractivity contribution is 5.45. The Hall–Kier alpha value is -2.62. The topological polar surface area (TPSA) is 66.4 Å². The van der Waals surface area contributed by atoms with Crippen molar-refractivity contribution in [2.45, 2.75) is 25.1 Å².